The first-order chi connectivity index (χ1) is 14.0. The van der Waals surface area contributed by atoms with Crippen molar-refractivity contribution < 1.29 is 4.79 Å². The highest BCUT2D eigenvalue weighted by atomic mass is 16.2. The molecule has 0 saturated carbocycles. The highest BCUT2D eigenvalue weighted by molar-refractivity contribution is 5.90. The zero-order valence-corrected chi connectivity index (χ0v) is 15.7. The Balaban J connectivity index is 1.55. The van der Waals surface area contributed by atoms with Crippen molar-refractivity contribution in [3.63, 3.8) is 0 Å². The van der Waals surface area contributed by atoms with Crippen LogP contribution in [0, 0.1) is 0 Å². The molecule has 4 heterocycles. The van der Waals surface area contributed by atoms with Gasteiger partial charge >= 0.3 is 5.69 Å². The molecule has 0 saturated heterocycles. The molecule has 4 rings (SSSR count). The maximum atomic E-state index is 12.4. The molecule has 4 aromatic rings. The molecule has 29 heavy (non-hydrogen) atoms. The molecule has 146 valence electrons. The van der Waals surface area contributed by atoms with Gasteiger partial charge in [-0.05, 0) is 24.3 Å². The van der Waals surface area contributed by atoms with Gasteiger partial charge in [-0.2, -0.15) is 0 Å². The molecule has 0 unspecified atom stereocenters. The molecule has 0 aromatic carbocycles. The Kier molecular flexibility index (Phi) is 4.51. The van der Waals surface area contributed by atoms with Crippen LogP contribution in [0.5, 0.6) is 0 Å². The molecule has 10 heteroatoms. The van der Waals surface area contributed by atoms with Gasteiger partial charge in [-0.25, -0.2) is 14.8 Å². The van der Waals surface area contributed by atoms with Gasteiger partial charge in [-0.15, -0.1) is 0 Å². The minimum Gasteiger partial charge on any atom is -0.315 e. The third kappa shape index (κ3) is 3.31. The molecule has 10 nitrogen and oxygen atoms in total. The van der Waals surface area contributed by atoms with E-state index in [1.54, 1.807) is 18.5 Å². The van der Waals surface area contributed by atoms with Crippen LogP contribution in [0.2, 0.25) is 0 Å². The average Bonchev–Trinajstić information content (AvgIpc) is 3.15. The summed E-state index contributed by atoms with van der Waals surface area (Å²) in [6.45, 7) is -0.145. The maximum Gasteiger partial charge on any atom is 0.332 e. The molecule has 1 N–H and O–H groups in total. The number of nitrogens with one attached hydrogen (secondary N) is 1. The summed E-state index contributed by atoms with van der Waals surface area (Å²) in [5.41, 5.74) is 1.03. The number of rotatable bonds is 4. The van der Waals surface area contributed by atoms with Crippen LogP contribution in [-0.4, -0.2) is 34.6 Å². The quantitative estimate of drug-likeness (QED) is 0.542. The van der Waals surface area contributed by atoms with E-state index in [1.807, 2.05) is 24.3 Å². The lowest BCUT2D eigenvalue weighted by Crippen LogP contribution is -2.37. The Hall–Kier alpha value is -4.08. The smallest absolute Gasteiger partial charge is 0.315 e. The van der Waals surface area contributed by atoms with E-state index in [1.165, 1.54) is 29.6 Å². The molecule has 0 aliphatic heterocycles. The molecule has 1 amide bonds. The summed E-state index contributed by atoms with van der Waals surface area (Å²) in [5, 5.41) is 2.69. The lowest BCUT2D eigenvalue weighted by atomic mass is 10.2. The van der Waals surface area contributed by atoms with Crippen LogP contribution in [0.15, 0.2) is 58.6 Å². The van der Waals surface area contributed by atoms with Crippen molar-refractivity contribution >= 4 is 22.9 Å². The third-order valence-electron chi connectivity index (χ3n) is 4.52. The molecule has 0 radical (unpaired) electrons. The zero-order chi connectivity index (χ0) is 20.5. The minimum atomic E-state index is -0.508. The molecule has 0 spiro atoms. The van der Waals surface area contributed by atoms with Gasteiger partial charge in [-0.1, -0.05) is 6.07 Å². The fourth-order valence-corrected chi connectivity index (χ4v) is 3.01. The van der Waals surface area contributed by atoms with E-state index in [-0.39, 0.29) is 23.6 Å². The van der Waals surface area contributed by atoms with Gasteiger partial charge in [0.25, 0.3) is 5.56 Å². The molecule has 0 aliphatic carbocycles. The topological polar surface area (TPSA) is 117 Å². The van der Waals surface area contributed by atoms with Crippen molar-refractivity contribution in [3.05, 3.63) is 69.9 Å². The van der Waals surface area contributed by atoms with Crippen LogP contribution >= 0.6 is 0 Å². The van der Waals surface area contributed by atoms with E-state index >= 15 is 0 Å². The number of carbonyl (C=O) groups is 1. The number of nitrogens with zero attached hydrogens (tertiary/aromatic N) is 6. The van der Waals surface area contributed by atoms with E-state index in [2.05, 4.69) is 20.3 Å². The van der Waals surface area contributed by atoms with E-state index in [0.717, 1.165) is 15.8 Å². The molecular weight excluding hydrogens is 374 g/mol. The van der Waals surface area contributed by atoms with Crippen molar-refractivity contribution in [2.24, 2.45) is 14.1 Å². The van der Waals surface area contributed by atoms with Gasteiger partial charge in [0.15, 0.2) is 11.2 Å². The zero-order valence-electron chi connectivity index (χ0n) is 15.7. The predicted octanol–water partition coefficient (Wildman–Crippen LogP) is 0.529. The Morgan fingerprint density at radius 2 is 1.86 bits per heavy atom. The maximum absolute atomic E-state index is 12.4. The Bertz CT molecular complexity index is 1320. The molecule has 0 bridgehead atoms. The average molecular weight is 391 g/mol. The summed E-state index contributed by atoms with van der Waals surface area (Å²) in [6, 6.07) is 9.07. The molecule has 4 aromatic heterocycles. The highest BCUT2D eigenvalue weighted by Crippen LogP contribution is 2.16. The number of anilines is 1. The second-order valence-corrected chi connectivity index (χ2v) is 6.45. The van der Waals surface area contributed by atoms with Crippen molar-refractivity contribution in [3.8, 4) is 11.3 Å². The van der Waals surface area contributed by atoms with Gasteiger partial charge in [0.2, 0.25) is 5.91 Å². The number of hydrogen-bond donors (Lipinski definition) is 1. The number of aryl methyl sites for hydroxylation is 1. The number of carbonyl (C=O) groups excluding carboxylic acids is 1. The standard InChI is InChI=1S/C19H17N7O3/c1-24-17-16(18(28)25(2)19(24)29)26(11-22-17)10-15(27)23-14-7-6-12(9-21-14)13-5-3-4-8-20-13/h3-9,11H,10H2,1-2H3,(H,21,23,27). The summed E-state index contributed by atoms with van der Waals surface area (Å²) in [6.07, 6.45) is 4.68. The predicted molar refractivity (Wildman–Crippen MR) is 106 cm³/mol. The number of hydrogen-bond acceptors (Lipinski definition) is 6. The first kappa shape index (κ1) is 18.3. The number of pyridine rings is 2. The second-order valence-electron chi connectivity index (χ2n) is 6.45. The van der Waals surface area contributed by atoms with Gasteiger partial charge < -0.3 is 9.88 Å². The number of aromatic nitrogens is 6. The van der Waals surface area contributed by atoms with Crippen LogP contribution < -0.4 is 16.6 Å². The third-order valence-corrected chi connectivity index (χ3v) is 4.52. The monoisotopic (exact) mass is 391 g/mol. The van der Waals surface area contributed by atoms with Gasteiger partial charge in [0.05, 0.1) is 12.0 Å². The van der Waals surface area contributed by atoms with Gasteiger partial charge in [-0.3, -0.25) is 23.7 Å². The Morgan fingerprint density at radius 1 is 1.03 bits per heavy atom. The second kappa shape index (κ2) is 7.15. The Labute approximate surface area is 164 Å². The Morgan fingerprint density at radius 3 is 2.55 bits per heavy atom. The summed E-state index contributed by atoms with van der Waals surface area (Å²) >= 11 is 0. The lowest BCUT2D eigenvalue weighted by molar-refractivity contribution is -0.116. The van der Waals surface area contributed by atoms with E-state index in [0.29, 0.717) is 5.82 Å². The van der Waals surface area contributed by atoms with E-state index < -0.39 is 11.2 Å². The van der Waals surface area contributed by atoms with E-state index in [4.69, 9.17) is 0 Å². The summed E-state index contributed by atoms with van der Waals surface area (Å²) in [7, 11) is 2.91. The summed E-state index contributed by atoms with van der Waals surface area (Å²) in [5.74, 6) is -0.00213. The summed E-state index contributed by atoms with van der Waals surface area (Å²) < 4.78 is 3.66. The first-order valence-corrected chi connectivity index (χ1v) is 8.74. The fraction of sp³-hybridized carbons (Fsp3) is 0.158. The van der Waals surface area contributed by atoms with Crippen LogP contribution in [0.3, 0.4) is 0 Å². The minimum absolute atomic E-state index is 0.145. The van der Waals surface area contributed by atoms with Crippen LogP contribution in [0.25, 0.3) is 22.4 Å². The number of imidazole rings is 1. The van der Waals surface area contributed by atoms with Crippen molar-refractivity contribution in [1.29, 1.82) is 0 Å². The summed E-state index contributed by atoms with van der Waals surface area (Å²) in [4.78, 5) is 49.4. The number of amides is 1. The van der Waals surface area contributed by atoms with E-state index in [9.17, 15) is 14.4 Å². The van der Waals surface area contributed by atoms with Crippen molar-refractivity contribution in [2.45, 2.75) is 6.54 Å². The highest BCUT2D eigenvalue weighted by Gasteiger charge is 2.16. The SMILES string of the molecule is Cn1c(=O)c2c(ncn2CC(=O)Nc2ccc(-c3ccccn3)cn2)n(C)c1=O. The van der Waals surface area contributed by atoms with Gasteiger partial charge in [0.1, 0.15) is 12.4 Å². The number of fused-ring (bicyclic) bond motifs is 1. The van der Waals surface area contributed by atoms with Gasteiger partial charge in [0, 0.05) is 32.1 Å². The largest absolute Gasteiger partial charge is 0.332 e. The lowest BCUT2D eigenvalue weighted by Gasteiger charge is -2.08. The van der Waals surface area contributed by atoms with Crippen LogP contribution in [0.1, 0.15) is 0 Å². The van der Waals surface area contributed by atoms with Crippen molar-refractivity contribution in [1.82, 2.24) is 28.7 Å². The van der Waals surface area contributed by atoms with Crippen molar-refractivity contribution in [2.75, 3.05) is 5.32 Å². The molecule has 0 aliphatic rings. The molecule has 0 fully saturated rings. The fourth-order valence-electron chi connectivity index (χ4n) is 3.01. The first-order valence-electron chi connectivity index (χ1n) is 8.74. The normalized spacial score (nSPS) is 11.0. The van der Waals surface area contributed by atoms with Crippen LogP contribution in [-0.2, 0) is 25.4 Å². The molecule has 0 atom stereocenters. The van der Waals surface area contributed by atoms with Crippen LogP contribution in [0.4, 0.5) is 5.82 Å². The molecular formula is C19H17N7O3.